The van der Waals surface area contributed by atoms with Gasteiger partial charge in [0.15, 0.2) is 0 Å². The molecule has 0 spiro atoms. The van der Waals surface area contributed by atoms with Crippen molar-refractivity contribution in [2.24, 2.45) is 5.73 Å². The number of hydrogen-bond donors (Lipinski definition) is 4. The minimum Gasteiger partial charge on any atom is -0.367 e. The first-order valence-corrected chi connectivity index (χ1v) is 8.69. The Morgan fingerprint density at radius 3 is 2.96 bits per heavy atom. The van der Waals surface area contributed by atoms with Gasteiger partial charge in [0.2, 0.25) is 0 Å². The number of aromatic amines is 1. The molecule has 0 bridgehead atoms. The highest BCUT2D eigenvalue weighted by Crippen LogP contribution is 2.29. The van der Waals surface area contributed by atoms with Crippen LogP contribution in [-0.4, -0.2) is 31.9 Å². The van der Waals surface area contributed by atoms with E-state index in [4.69, 9.17) is 11.1 Å². The maximum Gasteiger partial charge on any atom is 0.145 e. The number of nitrogens with two attached hydrogens (primary N) is 1. The van der Waals surface area contributed by atoms with E-state index in [0.29, 0.717) is 10.9 Å². The molecule has 24 heavy (non-hydrogen) atoms. The van der Waals surface area contributed by atoms with Crippen LogP contribution >= 0.6 is 11.8 Å². The molecule has 7 heteroatoms. The van der Waals surface area contributed by atoms with E-state index < -0.39 is 0 Å². The smallest absolute Gasteiger partial charge is 0.145 e. The third-order valence-corrected chi connectivity index (χ3v) is 4.21. The number of anilines is 1. The molecule has 1 aromatic carbocycles. The van der Waals surface area contributed by atoms with Gasteiger partial charge in [-0.1, -0.05) is 17.8 Å². The van der Waals surface area contributed by atoms with Crippen LogP contribution in [0.25, 0.3) is 22.2 Å². The Kier molecular flexibility index (Phi) is 4.82. The first-order valence-electron chi connectivity index (χ1n) is 7.70. The van der Waals surface area contributed by atoms with Crippen molar-refractivity contribution in [3.63, 3.8) is 0 Å². The number of nitrogens with zero attached hydrogens (tertiary/aromatic N) is 2. The molecule has 124 valence electrons. The number of rotatable bonds is 5. The van der Waals surface area contributed by atoms with E-state index in [1.165, 1.54) is 11.8 Å². The van der Waals surface area contributed by atoms with Gasteiger partial charge in [0.1, 0.15) is 5.82 Å². The van der Waals surface area contributed by atoms with Crippen molar-refractivity contribution < 1.29 is 0 Å². The number of benzene rings is 1. The molecular formula is C17H20N6S. The Morgan fingerprint density at radius 2 is 2.21 bits per heavy atom. The summed E-state index contributed by atoms with van der Waals surface area (Å²) < 4.78 is 0. The van der Waals surface area contributed by atoms with E-state index in [9.17, 15) is 0 Å². The van der Waals surface area contributed by atoms with Crippen LogP contribution < -0.4 is 11.1 Å². The predicted molar refractivity (Wildman–Crippen MR) is 102 cm³/mol. The first kappa shape index (κ1) is 16.5. The van der Waals surface area contributed by atoms with Crippen molar-refractivity contribution in [2.75, 3.05) is 11.2 Å². The van der Waals surface area contributed by atoms with Gasteiger partial charge in [-0.05, 0) is 26.0 Å². The molecule has 0 aliphatic heterocycles. The standard InChI is InChI=1S/C17H20N6S/c1-10(2)22-16-8-20-7-15(23-16)13-6-21-14-4-3-11(5-12(13)14)17(19)24-9-18/h3-8,10,19,21H,9,18H2,1-2H3,(H,22,23). The maximum absolute atomic E-state index is 8.08. The Labute approximate surface area is 144 Å². The highest BCUT2D eigenvalue weighted by molar-refractivity contribution is 8.14. The monoisotopic (exact) mass is 340 g/mol. The fourth-order valence-corrected chi connectivity index (χ4v) is 2.96. The number of aromatic nitrogens is 3. The van der Waals surface area contributed by atoms with Crippen LogP contribution in [0.5, 0.6) is 0 Å². The number of hydrogen-bond acceptors (Lipinski definition) is 6. The van der Waals surface area contributed by atoms with Crippen LogP contribution in [0.15, 0.2) is 36.8 Å². The molecule has 3 aromatic rings. The minimum atomic E-state index is 0.290. The van der Waals surface area contributed by atoms with Gasteiger partial charge < -0.3 is 16.0 Å². The number of fused-ring (bicyclic) bond motifs is 1. The highest BCUT2D eigenvalue weighted by Gasteiger charge is 2.11. The quantitative estimate of drug-likeness (QED) is 0.324. The summed E-state index contributed by atoms with van der Waals surface area (Å²) in [6.45, 7) is 4.13. The summed E-state index contributed by atoms with van der Waals surface area (Å²) in [4.78, 5) is 12.2. The van der Waals surface area contributed by atoms with Crippen LogP contribution in [0, 0.1) is 5.41 Å². The Hall–Kier alpha value is -2.38. The number of H-pyrrole nitrogens is 1. The lowest BCUT2D eigenvalue weighted by molar-refractivity contribution is 0.886. The van der Waals surface area contributed by atoms with E-state index in [0.717, 1.165) is 33.5 Å². The zero-order valence-electron chi connectivity index (χ0n) is 13.6. The first-order chi connectivity index (χ1) is 11.6. The molecule has 0 unspecified atom stereocenters. The molecule has 0 amide bonds. The third kappa shape index (κ3) is 3.42. The van der Waals surface area contributed by atoms with Crippen LogP contribution in [0.1, 0.15) is 19.4 Å². The number of nitrogens with one attached hydrogen (secondary N) is 3. The van der Waals surface area contributed by atoms with Gasteiger partial charge in [0.25, 0.3) is 0 Å². The van der Waals surface area contributed by atoms with E-state index in [-0.39, 0.29) is 6.04 Å². The van der Waals surface area contributed by atoms with Crippen molar-refractivity contribution in [1.82, 2.24) is 15.0 Å². The van der Waals surface area contributed by atoms with Crippen LogP contribution in [0.4, 0.5) is 5.82 Å². The molecule has 0 radical (unpaired) electrons. The maximum atomic E-state index is 8.08. The molecule has 3 rings (SSSR count). The second-order valence-electron chi connectivity index (χ2n) is 5.69. The molecule has 0 saturated carbocycles. The second-order valence-corrected chi connectivity index (χ2v) is 6.72. The van der Waals surface area contributed by atoms with Crippen LogP contribution in [-0.2, 0) is 0 Å². The zero-order valence-corrected chi connectivity index (χ0v) is 14.4. The molecule has 2 heterocycles. The lowest BCUT2D eigenvalue weighted by Gasteiger charge is -2.09. The molecule has 2 aromatic heterocycles. The van der Waals surface area contributed by atoms with Gasteiger partial charge in [0, 0.05) is 40.1 Å². The summed E-state index contributed by atoms with van der Waals surface area (Å²) in [5, 5.41) is 12.8. The summed E-state index contributed by atoms with van der Waals surface area (Å²) in [7, 11) is 0. The second kappa shape index (κ2) is 7.02. The van der Waals surface area contributed by atoms with Gasteiger partial charge in [-0.3, -0.25) is 10.4 Å². The SMILES string of the molecule is CC(C)Nc1cncc(-c2c[nH]c3ccc(C(=N)SCN)cc23)n1. The van der Waals surface area contributed by atoms with E-state index in [1.807, 2.05) is 24.4 Å². The molecule has 0 fully saturated rings. The summed E-state index contributed by atoms with van der Waals surface area (Å²) in [6.07, 6.45) is 5.40. The fourth-order valence-electron chi connectivity index (χ4n) is 2.50. The third-order valence-electron chi connectivity index (χ3n) is 3.52. The molecule has 0 aliphatic rings. The van der Waals surface area contributed by atoms with Crippen molar-refractivity contribution >= 4 is 33.5 Å². The predicted octanol–water partition coefficient (Wildman–Crippen LogP) is 3.42. The zero-order chi connectivity index (χ0) is 17.1. The molecule has 0 atom stereocenters. The topological polar surface area (TPSA) is 103 Å². The molecular weight excluding hydrogens is 320 g/mol. The Morgan fingerprint density at radius 1 is 1.38 bits per heavy atom. The molecule has 6 nitrogen and oxygen atoms in total. The summed E-state index contributed by atoms with van der Waals surface area (Å²) in [6, 6.07) is 6.19. The lowest BCUT2D eigenvalue weighted by Crippen LogP contribution is -2.11. The average molecular weight is 340 g/mol. The molecule has 0 saturated heterocycles. The molecule has 5 N–H and O–H groups in total. The molecule has 0 aliphatic carbocycles. The Balaban J connectivity index is 2.03. The largest absolute Gasteiger partial charge is 0.367 e. The Bertz CT molecular complexity index is 870. The van der Waals surface area contributed by atoms with Gasteiger partial charge in [0.05, 0.1) is 23.1 Å². The minimum absolute atomic E-state index is 0.290. The van der Waals surface area contributed by atoms with Gasteiger partial charge in [-0.2, -0.15) is 0 Å². The normalized spacial score (nSPS) is 11.2. The lowest BCUT2D eigenvalue weighted by atomic mass is 10.1. The van der Waals surface area contributed by atoms with E-state index in [2.05, 4.69) is 34.1 Å². The van der Waals surface area contributed by atoms with Crippen molar-refractivity contribution in [3.05, 3.63) is 42.4 Å². The summed E-state index contributed by atoms with van der Waals surface area (Å²) in [5.41, 5.74) is 9.14. The van der Waals surface area contributed by atoms with Crippen LogP contribution in [0.2, 0.25) is 0 Å². The number of thioether (sulfide) groups is 1. The van der Waals surface area contributed by atoms with Gasteiger partial charge in [-0.25, -0.2) is 4.98 Å². The average Bonchev–Trinajstić information content (AvgIpc) is 2.97. The highest BCUT2D eigenvalue weighted by atomic mass is 32.2. The van der Waals surface area contributed by atoms with E-state index in [1.54, 1.807) is 12.4 Å². The van der Waals surface area contributed by atoms with E-state index >= 15 is 0 Å². The van der Waals surface area contributed by atoms with Gasteiger partial charge >= 0.3 is 0 Å². The summed E-state index contributed by atoms with van der Waals surface area (Å²) >= 11 is 1.32. The van der Waals surface area contributed by atoms with Crippen molar-refractivity contribution in [1.29, 1.82) is 5.41 Å². The fraction of sp³-hybridized carbons (Fsp3) is 0.235. The summed E-state index contributed by atoms with van der Waals surface area (Å²) in [5.74, 6) is 1.14. The van der Waals surface area contributed by atoms with Crippen molar-refractivity contribution in [3.8, 4) is 11.3 Å². The van der Waals surface area contributed by atoms with Crippen molar-refractivity contribution in [2.45, 2.75) is 19.9 Å². The van der Waals surface area contributed by atoms with Crippen LogP contribution in [0.3, 0.4) is 0 Å². The van der Waals surface area contributed by atoms with Gasteiger partial charge in [-0.15, -0.1) is 0 Å².